The van der Waals surface area contributed by atoms with E-state index >= 15 is 0 Å². The minimum Gasteiger partial charge on any atom is -0.376 e. The lowest BCUT2D eigenvalue weighted by atomic mass is 10.0. The zero-order valence-corrected chi connectivity index (χ0v) is 11.1. The van der Waals surface area contributed by atoms with Gasteiger partial charge in [-0.25, -0.2) is 0 Å². The van der Waals surface area contributed by atoms with E-state index in [0.29, 0.717) is 6.04 Å². The Balaban J connectivity index is 2.11. The quantitative estimate of drug-likeness (QED) is 0.835. The fourth-order valence-corrected chi connectivity index (χ4v) is 2.11. The molecule has 3 heteroatoms. The largest absolute Gasteiger partial charge is 0.376 e. The van der Waals surface area contributed by atoms with E-state index in [1.54, 1.807) is 0 Å². The van der Waals surface area contributed by atoms with Crippen molar-refractivity contribution in [2.75, 3.05) is 5.32 Å². The first-order valence-corrected chi connectivity index (χ1v) is 6.67. The Morgan fingerprint density at radius 3 is 2.61 bits per heavy atom. The van der Waals surface area contributed by atoms with E-state index in [0.717, 1.165) is 25.1 Å². The van der Waals surface area contributed by atoms with Crippen molar-refractivity contribution >= 4 is 5.69 Å². The number of nitrogens with one attached hydrogen (secondary N) is 1. The topological polar surface area (TPSA) is 29.9 Å². The second-order valence-electron chi connectivity index (χ2n) is 4.48. The predicted octanol–water partition coefficient (Wildman–Crippen LogP) is 3.86. The Labute approximate surface area is 109 Å². The van der Waals surface area contributed by atoms with Crippen LogP contribution in [0.15, 0.2) is 42.7 Å². The maximum atomic E-state index is 4.30. The molecule has 1 heterocycles. The Bertz CT molecular complexity index is 462. The van der Waals surface area contributed by atoms with E-state index < -0.39 is 0 Å². The Morgan fingerprint density at radius 1 is 1.22 bits per heavy atom. The fraction of sp³-hybridized carbons (Fsp3) is 0.400. The maximum absolute atomic E-state index is 4.30. The predicted molar refractivity (Wildman–Crippen MR) is 75.6 cm³/mol. The molecule has 18 heavy (non-hydrogen) atoms. The van der Waals surface area contributed by atoms with Crippen LogP contribution in [0, 0.1) is 0 Å². The number of rotatable bonds is 6. The molecule has 0 saturated carbocycles. The first-order valence-electron chi connectivity index (χ1n) is 6.67. The monoisotopic (exact) mass is 243 g/mol. The summed E-state index contributed by atoms with van der Waals surface area (Å²) < 4.78 is 1.94. The number of nitrogens with zero attached hydrogens (tertiary/aromatic N) is 2. The van der Waals surface area contributed by atoms with Gasteiger partial charge >= 0.3 is 0 Å². The van der Waals surface area contributed by atoms with Crippen molar-refractivity contribution in [3.8, 4) is 0 Å². The highest BCUT2D eigenvalue weighted by Crippen LogP contribution is 2.23. The molecule has 0 aliphatic rings. The van der Waals surface area contributed by atoms with Crippen molar-refractivity contribution in [3.63, 3.8) is 0 Å². The van der Waals surface area contributed by atoms with E-state index in [1.807, 2.05) is 10.9 Å². The number of hydrogen-bond donors (Lipinski definition) is 1. The fourth-order valence-electron chi connectivity index (χ4n) is 2.11. The molecule has 3 nitrogen and oxygen atoms in total. The third-order valence-electron chi connectivity index (χ3n) is 3.08. The van der Waals surface area contributed by atoms with Crippen LogP contribution in [0.1, 0.15) is 38.3 Å². The van der Waals surface area contributed by atoms with Gasteiger partial charge in [0.05, 0.1) is 17.9 Å². The van der Waals surface area contributed by atoms with Gasteiger partial charge in [0.2, 0.25) is 0 Å². The lowest BCUT2D eigenvalue weighted by Gasteiger charge is -2.18. The summed E-state index contributed by atoms with van der Waals surface area (Å²) in [7, 11) is 0. The Morgan fingerprint density at radius 2 is 2.00 bits per heavy atom. The first kappa shape index (κ1) is 12.7. The summed E-state index contributed by atoms with van der Waals surface area (Å²) in [6.45, 7) is 5.22. The lowest BCUT2D eigenvalue weighted by molar-refractivity contribution is 0.658. The summed E-state index contributed by atoms with van der Waals surface area (Å²) >= 11 is 0. The summed E-state index contributed by atoms with van der Waals surface area (Å²) in [6, 6.07) is 11.0. The molecule has 0 aliphatic carbocycles. The van der Waals surface area contributed by atoms with Crippen LogP contribution >= 0.6 is 0 Å². The summed E-state index contributed by atoms with van der Waals surface area (Å²) in [6.07, 6.45) is 6.25. The van der Waals surface area contributed by atoms with E-state index in [-0.39, 0.29) is 0 Å². The molecule has 0 saturated heterocycles. The Kier molecular flexibility index (Phi) is 4.40. The van der Waals surface area contributed by atoms with Gasteiger partial charge in [-0.2, -0.15) is 5.10 Å². The minimum atomic E-state index is 0.366. The first-order chi connectivity index (χ1) is 8.83. The second kappa shape index (κ2) is 6.24. The number of anilines is 1. The molecule has 0 radical (unpaired) electrons. The van der Waals surface area contributed by atoms with Crippen molar-refractivity contribution in [2.24, 2.45) is 0 Å². The van der Waals surface area contributed by atoms with E-state index in [1.165, 1.54) is 5.56 Å². The van der Waals surface area contributed by atoms with Crippen LogP contribution in [0.3, 0.4) is 0 Å². The summed E-state index contributed by atoms with van der Waals surface area (Å²) in [5, 5.41) is 7.86. The molecule has 96 valence electrons. The van der Waals surface area contributed by atoms with E-state index in [2.05, 4.69) is 60.8 Å². The molecule has 1 N–H and O–H groups in total. The molecule has 1 aromatic heterocycles. The van der Waals surface area contributed by atoms with E-state index in [9.17, 15) is 0 Å². The normalized spacial score (nSPS) is 12.3. The molecular weight excluding hydrogens is 222 g/mol. The van der Waals surface area contributed by atoms with Crippen molar-refractivity contribution in [1.29, 1.82) is 0 Å². The summed E-state index contributed by atoms with van der Waals surface area (Å²) in [5.41, 5.74) is 2.43. The molecule has 0 fully saturated rings. The van der Waals surface area contributed by atoms with Crippen LogP contribution < -0.4 is 5.32 Å². The van der Waals surface area contributed by atoms with Gasteiger partial charge in [-0.3, -0.25) is 4.68 Å². The van der Waals surface area contributed by atoms with Gasteiger partial charge < -0.3 is 5.32 Å². The number of aryl methyl sites for hydroxylation is 1. The van der Waals surface area contributed by atoms with Gasteiger partial charge in [-0.1, -0.05) is 43.7 Å². The smallest absolute Gasteiger partial charge is 0.0731 e. The third-order valence-corrected chi connectivity index (χ3v) is 3.08. The molecule has 2 rings (SSSR count). The maximum Gasteiger partial charge on any atom is 0.0731 e. The van der Waals surface area contributed by atoms with E-state index in [4.69, 9.17) is 0 Å². The van der Waals surface area contributed by atoms with Crippen molar-refractivity contribution in [3.05, 3.63) is 48.3 Å². The van der Waals surface area contributed by atoms with Gasteiger partial charge in [0, 0.05) is 12.7 Å². The van der Waals surface area contributed by atoms with Crippen molar-refractivity contribution in [1.82, 2.24) is 9.78 Å². The average molecular weight is 243 g/mol. The second-order valence-corrected chi connectivity index (χ2v) is 4.48. The zero-order valence-electron chi connectivity index (χ0n) is 11.1. The van der Waals surface area contributed by atoms with Crippen molar-refractivity contribution < 1.29 is 0 Å². The zero-order chi connectivity index (χ0) is 12.8. The molecule has 1 atom stereocenters. The molecule has 0 bridgehead atoms. The van der Waals surface area contributed by atoms with Gasteiger partial charge in [0.15, 0.2) is 0 Å². The van der Waals surface area contributed by atoms with Crippen LogP contribution in [0.4, 0.5) is 5.69 Å². The van der Waals surface area contributed by atoms with Crippen LogP contribution in [0.25, 0.3) is 0 Å². The number of aromatic nitrogens is 2. The highest BCUT2D eigenvalue weighted by Gasteiger charge is 2.10. The molecule has 0 spiro atoms. The third kappa shape index (κ3) is 3.13. The van der Waals surface area contributed by atoms with Crippen LogP contribution in [0.2, 0.25) is 0 Å². The van der Waals surface area contributed by atoms with Gasteiger partial charge in [0.25, 0.3) is 0 Å². The summed E-state index contributed by atoms with van der Waals surface area (Å²) in [4.78, 5) is 0. The molecular formula is C15H21N3. The minimum absolute atomic E-state index is 0.366. The number of benzene rings is 1. The highest BCUT2D eigenvalue weighted by atomic mass is 15.3. The Hall–Kier alpha value is -1.77. The number of hydrogen-bond acceptors (Lipinski definition) is 2. The average Bonchev–Trinajstić information content (AvgIpc) is 2.87. The molecule has 0 amide bonds. The highest BCUT2D eigenvalue weighted by molar-refractivity contribution is 5.41. The lowest BCUT2D eigenvalue weighted by Crippen LogP contribution is -2.10. The van der Waals surface area contributed by atoms with Crippen LogP contribution in [-0.2, 0) is 6.54 Å². The molecule has 2 aromatic rings. The van der Waals surface area contributed by atoms with Crippen LogP contribution in [0.5, 0.6) is 0 Å². The SMILES string of the molecule is CCCC(Nc1cnn(CC)c1)c1ccccc1. The summed E-state index contributed by atoms with van der Waals surface area (Å²) in [5.74, 6) is 0. The molecule has 1 aromatic carbocycles. The standard InChI is InChI=1S/C15H21N3/c1-3-8-15(13-9-6-5-7-10-13)17-14-11-16-18(4-2)12-14/h5-7,9-12,15,17H,3-4,8H2,1-2H3. The molecule has 0 aliphatic heterocycles. The van der Waals surface area contributed by atoms with Crippen molar-refractivity contribution in [2.45, 2.75) is 39.3 Å². The van der Waals surface area contributed by atoms with Gasteiger partial charge in [-0.05, 0) is 18.9 Å². The molecule has 1 unspecified atom stereocenters. The van der Waals surface area contributed by atoms with Crippen LogP contribution in [-0.4, -0.2) is 9.78 Å². The van der Waals surface area contributed by atoms with Gasteiger partial charge in [0.1, 0.15) is 0 Å². The van der Waals surface area contributed by atoms with Gasteiger partial charge in [-0.15, -0.1) is 0 Å².